The van der Waals surface area contributed by atoms with Gasteiger partial charge >= 0.3 is 11.5 Å². The van der Waals surface area contributed by atoms with Crippen molar-refractivity contribution in [3.63, 3.8) is 0 Å². The lowest BCUT2D eigenvalue weighted by molar-refractivity contribution is 0.0709. The third-order valence-corrected chi connectivity index (χ3v) is 12.7. The van der Waals surface area contributed by atoms with Gasteiger partial charge in [0.1, 0.15) is 0 Å². The quantitative estimate of drug-likeness (QED) is 0.176. The molecule has 4 fully saturated rings. The number of fused-ring (bicyclic) bond motifs is 2. The van der Waals surface area contributed by atoms with Crippen molar-refractivity contribution in [3.8, 4) is 12.1 Å². The van der Waals surface area contributed by atoms with E-state index in [-0.39, 0.29) is 48.4 Å². The summed E-state index contributed by atoms with van der Waals surface area (Å²) in [4.78, 5) is 30.0. The van der Waals surface area contributed by atoms with Gasteiger partial charge in [-0.05, 0) is 125 Å². The summed E-state index contributed by atoms with van der Waals surface area (Å²) in [6, 6.07) is 16.3. The van der Waals surface area contributed by atoms with Gasteiger partial charge in [0.05, 0.1) is 34.3 Å². The summed E-state index contributed by atoms with van der Waals surface area (Å²) < 4.78 is 24.9. The Morgan fingerprint density at radius 2 is 0.929 bits per heavy atom. The van der Waals surface area contributed by atoms with Crippen LogP contribution in [0.15, 0.2) is 54.8 Å². The highest BCUT2D eigenvalue weighted by Crippen LogP contribution is 2.34. The summed E-state index contributed by atoms with van der Waals surface area (Å²) in [5.41, 5.74) is 3.75. The molecule has 0 spiro atoms. The van der Waals surface area contributed by atoms with Gasteiger partial charge in [-0.15, -0.1) is 24.8 Å². The zero-order valence-electron chi connectivity index (χ0n) is 32.6. The molecule has 0 unspecified atom stereocenters. The summed E-state index contributed by atoms with van der Waals surface area (Å²) >= 11 is 0. The van der Waals surface area contributed by atoms with Gasteiger partial charge in [0.25, 0.3) is 0 Å². The first kappa shape index (κ1) is 43.5. The van der Waals surface area contributed by atoms with Gasteiger partial charge in [-0.25, -0.2) is 9.59 Å². The van der Waals surface area contributed by atoms with Crippen LogP contribution < -0.4 is 11.5 Å². The number of ether oxygens (including phenoxy) is 2. The van der Waals surface area contributed by atoms with Crippen LogP contribution in [0.5, 0.6) is 0 Å². The molecule has 8 rings (SSSR count). The summed E-state index contributed by atoms with van der Waals surface area (Å²) in [5.74, 6) is 0.820. The number of halogens is 2. The minimum absolute atomic E-state index is 0. The van der Waals surface area contributed by atoms with Crippen LogP contribution in [0, 0.1) is 34.5 Å². The number of aromatic nitrogens is 2. The molecule has 0 bridgehead atoms. The Kier molecular flexibility index (Phi) is 15.7. The number of methoxy groups -OCH3 is 2. The molecule has 2 saturated heterocycles. The van der Waals surface area contributed by atoms with Crippen molar-refractivity contribution >= 4 is 47.0 Å². The van der Waals surface area contributed by atoms with Crippen molar-refractivity contribution in [2.75, 3.05) is 53.6 Å². The summed E-state index contributed by atoms with van der Waals surface area (Å²) in [6.45, 7) is 5.83. The average molecular weight is 812 g/mol. The van der Waals surface area contributed by atoms with E-state index in [2.05, 4.69) is 21.9 Å². The van der Waals surface area contributed by atoms with E-state index >= 15 is 0 Å². The molecule has 0 amide bonds. The van der Waals surface area contributed by atoms with Crippen molar-refractivity contribution in [2.24, 2.45) is 11.8 Å². The fourth-order valence-electron chi connectivity index (χ4n) is 9.74. The van der Waals surface area contributed by atoms with Gasteiger partial charge in [0.2, 0.25) is 0 Å². The Labute approximate surface area is 341 Å². The van der Waals surface area contributed by atoms with Crippen molar-refractivity contribution in [1.82, 2.24) is 18.9 Å². The standard InChI is InChI=1S/2C21H27N3O3.2ClH/c2*1-26-14-15-2-5-17(6-3-15)23-10-8-18(9-11-23)24-19-12-16(13-22)4-7-20(19)27-21(24)25;;/h2*4,7,12,15,17-18H,2-3,5-6,8-11,14H2,1H3;2*1H. The molecule has 14 heteroatoms. The van der Waals surface area contributed by atoms with Gasteiger partial charge in [0, 0.05) is 77.8 Å². The molecule has 2 aromatic carbocycles. The second kappa shape index (κ2) is 20.2. The van der Waals surface area contributed by atoms with E-state index in [1.807, 2.05) is 0 Å². The normalized spacial score (nSPS) is 24.0. The number of nitriles is 2. The Hall–Kier alpha value is -3.62. The molecule has 304 valence electrons. The molecule has 2 aromatic heterocycles. The molecule has 56 heavy (non-hydrogen) atoms. The van der Waals surface area contributed by atoms with E-state index in [1.165, 1.54) is 51.4 Å². The van der Waals surface area contributed by atoms with E-state index < -0.39 is 0 Å². The lowest BCUT2D eigenvalue weighted by Crippen LogP contribution is -2.44. The number of likely N-dealkylation sites (tertiary alicyclic amines) is 2. The molecule has 0 radical (unpaired) electrons. The predicted octanol–water partition coefficient (Wildman–Crippen LogP) is 7.46. The second-order valence-electron chi connectivity index (χ2n) is 15.9. The monoisotopic (exact) mass is 810 g/mol. The smallest absolute Gasteiger partial charge is 0.408 e. The maximum absolute atomic E-state index is 12.4. The Morgan fingerprint density at radius 3 is 1.25 bits per heavy atom. The highest BCUT2D eigenvalue weighted by molar-refractivity contribution is 5.85. The minimum atomic E-state index is -0.307. The van der Waals surface area contributed by atoms with E-state index in [1.54, 1.807) is 59.8 Å². The van der Waals surface area contributed by atoms with E-state index in [0.717, 1.165) is 76.1 Å². The lowest BCUT2D eigenvalue weighted by Gasteiger charge is -2.40. The highest BCUT2D eigenvalue weighted by Gasteiger charge is 2.32. The first-order valence-corrected chi connectivity index (χ1v) is 19.9. The zero-order chi connectivity index (χ0) is 37.6. The van der Waals surface area contributed by atoms with Crippen molar-refractivity contribution in [2.45, 2.75) is 101 Å². The SMILES string of the molecule is COCC1CCC(N2CCC(n3c(=O)oc4ccc(C#N)cc43)CC2)CC1.COCC1CCC(N2CCC(n3c(=O)oc4ccc(C#N)cc43)CC2)CC1.Cl.Cl. The third kappa shape index (κ3) is 9.73. The Morgan fingerprint density at radius 1 is 0.571 bits per heavy atom. The zero-order valence-corrected chi connectivity index (χ0v) is 34.2. The van der Waals surface area contributed by atoms with Crippen molar-refractivity contribution < 1.29 is 18.3 Å². The Bertz CT molecular complexity index is 1920. The third-order valence-electron chi connectivity index (χ3n) is 12.7. The summed E-state index contributed by atoms with van der Waals surface area (Å²) in [5, 5.41) is 18.3. The molecule has 0 atom stereocenters. The van der Waals surface area contributed by atoms with Gasteiger partial charge < -0.3 is 28.1 Å². The number of piperidine rings is 2. The van der Waals surface area contributed by atoms with Crippen LogP contribution in [-0.2, 0) is 9.47 Å². The topological polar surface area (TPSA) is 143 Å². The van der Waals surface area contributed by atoms with E-state index in [9.17, 15) is 9.59 Å². The van der Waals surface area contributed by atoms with Crippen LogP contribution in [0.4, 0.5) is 0 Å². The molecule has 4 aliphatic rings. The molecule has 2 saturated carbocycles. The van der Waals surface area contributed by atoms with E-state index in [4.69, 9.17) is 28.8 Å². The molecule has 0 N–H and O–H groups in total. The molecule has 4 aromatic rings. The largest absolute Gasteiger partial charge is 0.420 e. The number of nitrogens with zero attached hydrogens (tertiary/aromatic N) is 6. The minimum Gasteiger partial charge on any atom is -0.408 e. The lowest BCUT2D eigenvalue weighted by atomic mass is 9.85. The summed E-state index contributed by atoms with van der Waals surface area (Å²) in [7, 11) is 3.58. The fourth-order valence-corrected chi connectivity index (χ4v) is 9.74. The van der Waals surface area contributed by atoms with Crippen LogP contribution in [-0.4, -0.2) is 84.6 Å². The predicted molar refractivity (Wildman–Crippen MR) is 220 cm³/mol. The number of hydrogen-bond donors (Lipinski definition) is 0. The van der Waals surface area contributed by atoms with Crippen LogP contribution in [0.25, 0.3) is 22.2 Å². The maximum atomic E-state index is 12.4. The first-order valence-electron chi connectivity index (χ1n) is 19.9. The van der Waals surface area contributed by atoms with Crippen LogP contribution in [0.2, 0.25) is 0 Å². The number of oxazole rings is 2. The van der Waals surface area contributed by atoms with Crippen LogP contribution in [0.1, 0.15) is 100 Å². The molecule has 12 nitrogen and oxygen atoms in total. The number of rotatable bonds is 8. The Balaban J connectivity index is 0.000000207. The first-order chi connectivity index (χ1) is 26.4. The van der Waals surface area contributed by atoms with Gasteiger partial charge in [-0.3, -0.25) is 9.13 Å². The molecular weight excluding hydrogens is 755 g/mol. The van der Waals surface area contributed by atoms with Crippen LogP contribution in [0.3, 0.4) is 0 Å². The highest BCUT2D eigenvalue weighted by atomic mass is 35.5. The van der Waals surface area contributed by atoms with Crippen molar-refractivity contribution in [1.29, 1.82) is 10.5 Å². The molecular formula is C42H56Cl2N6O6. The number of hydrogen-bond acceptors (Lipinski definition) is 10. The van der Waals surface area contributed by atoms with E-state index in [0.29, 0.717) is 46.2 Å². The fraction of sp³-hybridized carbons (Fsp3) is 0.619. The molecule has 4 heterocycles. The second-order valence-corrected chi connectivity index (χ2v) is 15.9. The van der Waals surface area contributed by atoms with Crippen LogP contribution >= 0.6 is 24.8 Å². The van der Waals surface area contributed by atoms with Gasteiger partial charge in [-0.1, -0.05) is 0 Å². The summed E-state index contributed by atoms with van der Waals surface area (Å²) in [6.07, 6.45) is 13.8. The maximum Gasteiger partial charge on any atom is 0.420 e. The average Bonchev–Trinajstić information content (AvgIpc) is 3.72. The van der Waals surface area contributed by atoms with Gasteiger partial charge in [0.15, 0.2) is 11.2 Å². The molecule has 2 aliphatic heterocycles. The van der Waals surface area contributed by atoms with Gasteiger partial charge in [-0.2, -0.15) is 10.5 Å². The van der Waals surface area contributed by atoms with Crippen molar-refractivity contribution in [3.05, 3.63) is 68.6 Å². The number of benzene rings is 2. The molecule has 2 aliphatic carbocycles.